The largest absolute Gasteiger partial charge is 0.465 e. The molecule has 1 aliphatic carbocycles. The Morgan fingerprint density at radius 3 is 3.18 bits per heavy atom. The topological polar surface area (TPSA) is 38.8 Å². The quantitative estimate of drug-likeness (QED) is 0.373. The van der Waals surface area contributed by atoms with Crippen LogP contribution in [0.4, 0.5) is 0 Å². The van der Waals surface area contributed by atoms with E-state index in [1.807, 2.05) is 0 Å². The highest BCUT2D eigenvalue weighted by Crippen LogP contribution is 2.50. The van der Waals surface area contributed by atoms with Gasteiger partial charge < -0.3 is 9.47 Å². The van der Waals surface area contributed by atoms with Crippen LogP contribution in [0, 0.1) is 11.8 Å². The lowest BCUT2D eigenvalue weighted by molar-refractivity contribution is -0.157. The molecule has 0 aromatic carbocycles. The smallest absolute Gasteiger partial charge is 0.309 e. The molecule has 0 radical (unpaired) electrons. The molecule has 0 amide bonds. The number of carbonyl (C=O) groups excluding carboxylic acids is 1. The van der Waals surface area contributed by atoms with Crippen LogP contribution in [0.3, 0.4) is 0 Å². The van der Waals surface area contributed by atoms with Gasteiger partial charge in [-0.05, 0) is 12.8 Å². The second kappa shape index (κ2) is 1.78. The molecule has 4 unspecified atom stereocenters. The van der Waals surface area contributed by atoms with Gasteiger partial charge in [-0.1, -0.05) is 0 Å². The fourth-order valence-corrected chi connectivity index (χ4v) is 2.42. The van der Waals surface area contributed by atoms with Crippen LogP contribution in [0.25, 0.3) is 0 Å². The summed E-state index contributed by atoms with van der Waals surface area (Å²) in [5.74, 6) is 0.672. The number of rotatable bonds is 0. The van der Waals surface area contributed by atoms with Crippen LogP contribution >= 0.6 is 0 Å². The first kappa shape index (κ1) is 6.00. The van der Waals surface area contributed by atoms with E-state index >= 15 is 0 Å². The Kier molecular flexibility index (Phi) is 0.969. The van der Waals surface area contributed by atoms with Crippen LogP contribution in [-0.2, 0) is 14.3 Å². The summed E-state index contributed by atoms with van der Waals surface area (Å²) >= 11 is 0. The Labute approximate surface area is 64.7 Å². The Bertz CT molecular complexity index is 213. The van der Waals surface area contributed by atoms with Crippen LogP contribution in [0.5, 0.6) is 0 Å². The lowest BCUT2D eigenvalue weighted by Crippen LogP contribution is -2.32. The van der Waals surface area contributed by atoms with Gasteiger partial charge in [0, 0.05) is 5.92 Å². The van der Waals surface area contributed by atoms with Gasteiger partial charge in [0.1, 0.15) is 0 Å². The van der Waals surface area contributed by atoms with Crippen molar-refractivity contribution in [2.75, 3.05) is 6.61 Å². The molecular formula is C8H10O3. The summed E-state index contributed by atoms with van der Waals surface area (Å²) in [6.07, 6.45) is 2.73. The number of fused-ring (bicyclic) bond motifs is 3. The molecule has 3 heteroatoms. The summed E-state index contributed by atoms with van der Waals surface area (Å²) < 4.78 is 10.3. The molecule has 60 valence electrons. The molecular weight excluding hydrogens is 144 g/mol. The van der Waals surface area contributed by atoms with E-state index < -0.39 is 0 Å². The molecule has 0 bridgehead atoms. The zero-order valence-corrected chi connectivity index (χ0v) is 6.16. The summed E-state index contributed by atoms with van der Waals surface area (Å²) in [6, 6.07) is 0. The lowest BCUT2D eigenvalue weighted by atomic mass is 9.90. The van der Waals surface area contributed by atoms with Gasteiger partial charge in [0.15, 0.2) is 0 Å². The predicted octanol–water partition coefficient (Wildman–Crippen LogP) is 0.337. The summed E-state index contributed by atoms with van der Waals surface area (Å²) in [4.78, 5) is 11.2. The molecule has 3 aliphatic rings. The highest BCUT2D eigenvalue weighted by Gasteiger charge is 2.58. The molecule has 3 nitrogen and oxygen atoms in total. The molecule has 2 saturated heterocycles. The molecule has 4 atom stereocenters. The third kappa shape index (κ3) is 0.692. The molecule has 2 heterocycles. The first-order chi connectivity index (χ1) is 5.36. The number of carbonyl (C=O) groups is 1. The predicted molar refractivity (Wildman–Crippen MR) is 35.8 cm³/mol. The van der Waals surface area contributed by atoms with Gasteiger partial charge in [-0.2, -0.15) is 0 Å². The monoisotopic (exact) mass is 154 g/mol. The van der Waals surface area contributed by atoms with Crippen LogP contribution in [0.2, 0.25) is 0 Å². The van der Waals surface area contributed by atoms with Crippen molar-refractivity contribution in [1.29, 1.82) is 0 Å². The number of ether oxygens (including phenoxy) is 2. The van der Waals surface area contributed by atoms with E-state index in [1.165, 1.54) is 0 Å². The zero-order chi connectivity index (χ0) is 7.42. The van der Waals surface area contributed by atoms with E-state index in [-0.39, 0.29) is 11.9 Å². The van der Waals surface area contributed by atoms with Crippen molar-refractivity contribution in [1.82, 2.24) is 0 Å². The van der Waals surface area contributed by atoms with Crippen LogP contribution in [-0.4, -0.2) is 24.8 Å². The van der Waals surface area contributed by atoms with Gasteiger partial charge in [-0.15, -0.1) is 0 Å². The van der Waals surface area contributed by atoms with Crippen molar-refractivity contribution in [2.24, 2.45) is 11.8 Å². The van der Waals surface area contributed by atoms with Gasteiger partial charge in [0.05, 0.1) is 24.7 Å². The first-order valence-corrected chi connectivity index (χ1v) is 4.18. The van der Waals surface area contributed by atoms with Crippen molar-refractivity contribution in [2.45, 2.75) is 25.0 Å². The Hall–Kier alpha value is -0.570. The molecule has 3 fully saturated rings. The van der Waals surface area contributed by atoms with E-state index in [2.05, 4.69) is 0 Å². The summed E-state index contributed by atoms with van der Waals surface area (Å²) in [5, 5.41) is 0. The molecule has 0 aromatic rings. The Morgan fingerprint density at radius 1 is 1.45 bits per heavy atom. The van der Waals surface area contributed by atoms with Crippen LogP contribution in [0.1, 0.15) is 12.8 Å². The fourth-order valence-electron chi connectivity index (χ4n) is 2.42. The first-order valence-electron chi connectivity index (χ1n) is 4.18. The zero-order valence-electron chi connectivity index (χ0n) is 6.16. The van der Waals surface area contributed by atoms with Gasteiger partial charge in [0.25, 0.3) is 0 Å². The normalized spacial score (nSPS) is 52.9. The van der Waals surface area contributed by atoms with Gasteiger partial charge >= 0.3 is 5.97 Å². The second-order valence-corrected chi connectivity index (χ2v) is 3.60. The number of esters is 1. The molecule has 1 saturated carbocycles. The maximum Gasteiger partial charge on any atom is 0.309 e. The van der Waals surface area contributed by atoms with Crippen molar-refractivity contribution < 1.29 is 14.3 Å². The number of cyclic esters (lactones) is 1. The molecule has 0 spiro atoms. The average molecular weight is 154 g/mol. The summed E-state index contributed by atoms with van der Waals surface area (Å²) in [7, 11) is 0. The van der Waals surface area contributed by atoms with Gasteiger partial charge in [0.2, 0.25) is 0 Å². The molecule has 0 aromatic heterocycles. The summed E-state index contributed by atoms with van der Waals surface area (Å²) in [6.45, 7) is 0.604. The van der Waals surface area contributed by atoms with E-state index in [0.29, 0.717) is 24.7 Å². The van der Waals surface area contributed by atoms with E-state index in [1.54, 1.807) is 0 Å². The third-order valence-electron chi connectivity index (χ3n) is 3.05. The van der Waals surface area contributed by atoms with Crippen molar-refractivity contribution in [3.05, 3.63) is 0 Å². The van der Waals surface area contributed by atoms with Crippen molar-refractivity contribution in [3.63, 3.8) is 0 Å². The van der Waals surface area contributed by atoms with Crippen LogP contribution in [0.15, 0.2) is 0 Å². The maximum absolute atomic E-state index is 11.2. The Morgan fingerprint density at radius 2 is 2.36 bits per heavy atom. The lowest BCUT2D eigenvalue weighted by Gasteiger charge is -2.25. The number of epoxide rings is 1. The van der Waals surface area contributed by atoms with E-state index in [0.717, 1.165) is 12.8 Å². The van der Waals surface area contributed by atoms with Gasteiger partial charge in [-0.3, -0.25) is 4.79 Å². The average Bonchev–Trinajstić information content (AvgIpc) is 2.67. The minimum atomic E-state index is 0.0112. The van der Waals surface area contributed by atoms with E-state index in [4.69, 9.17) is 9.47 Å². The minimum Gasteiger partial charge on any atom is -0.465 e. The second-order valence-electron chi connectivity index (χ2n) is 3.60. The molecule has 11 heavy (non-hydrogen) atoms. The molecule has 0 N–H and O–H groups in total. The van der Waals surface area contributed by atoms with Crippen LogP contribution < -0.4 is 0 Å². The fraction of sp³-hybridized carbons (Fsp3) is 0.875. The molecule has 2 aliphatic heterocycles. The summed E-state index contributed by atoms with van der Waals surface area (Å²) in [5.41, 5.74) is 0. The highest BCUT2D eigenvalue weighted by molar-refractivity contribution is 5.74. The Balaban J connectivity index is 1.86. The van der Waals surface area contributed by atoms with E-state index in [9.17, 15) is 4.79 Å². The number of hydrogen-bond acceptors (Lipinski definition) is 3. The SMILES string of the molecule is O=C1OCCC2C1CC1OC12. The maximum atomic E-state index is 11.2. The highest BCUT2D eigenvalue weighted by atomic mass is 16.6. The number of hydrogen-bond donors (Lipinski definition) is 0. The van der Waals surface area contributed by atoms with Crippen molar-refractivity contribution in [3.8, 4) is 0 Å². The molecule has 3 rings (SSSR count). The van der Waals surface area contributed by atoms with Crippen molar-refractivity contribution >= 4 is 5.97 Å². The minimum absolute atomic E-state index is 0.0112. The standard InChI is InChI=1S/C8H10O3/c9-8-5-3-6-7(11-6)4(5)1-2-10-8/h4-7H,1-3H2. The third-order valence-corrected chi connectivity index (χ3v) is 3.05. The van der Waals surface area contributed by atoms with Gasteiger partial charge in [-0.25, -0.2) is 0 Å².